The minimum atomic E-state index is -1.73. The van der Waals surface area contributed by atoms with E-state index in [1.807, 2.05) is 0 Å². The molecule has 176 valence electrons. The third kappa shape index (κ3) is 3.91. The Morgan fingerprint density at radius 1 is 0.909 bits per heavy atom. The molecule has 1 fully saturated rings. The topological polar surface area (TPSA) is 179 Å². The van der Waals surface area contributed by atoms with Crippen LogP contribution in [0.3, 0.4) is 0 Å². The molecule has 1 aliphatic rings. The lowest BCUT2D eigenvalue weighted by atomic mass is 10.00. The number of hydrogen-bond donors (Lipinski definition) is 6. The van der Waals surface area contributed by atoms with Crippen LogP contribution in [0.4, 0.5) is 0 Å². The van der Waals surface area contributed by atoms with Gasteiger partial charge < -0.3 is 49.3 Å². The second-order valence-electron chi connectivity index (χ2n) is 7.61. The quantitative estimate of drug-likeness (QED) is 0.302. The first-order valence-electron chi connectivity index (χ1n) is 9.88. The number of ether oxygens (including phenoxy) is 3. The first kappa shape index (κ1) is 22.7. The molecule has 3 aromatic rings. The zero-order chi connectivity index (χ0) is 24.0. The molecule has 0 spiro atoms. The van der Waals surface area contributed by atoms with Crippen LogP contribution in [0.5, 0.6) is 28.7 Å². The summed E-state index contributed by atoms with van der Waals surface area (Å²) in [6, 6.07) is 6.17. The maximum absolute atomic E-state index is 13.4. The number of benzene rings is 2. The van der Waals surface area contributed by atoms with Gasteiger partial charge in [-0.15, -0.1) is 0 Å². The molecule has 5 unspecified atom stereocenters. The molecule has 0 saturated carbocycles. The van der Waals surface area contributed by atoms with Gasteiger partial charge in [-0.05, 0) is 25.1 Å². The Labute approximate surface area is 186 Å². The van der Waals surface area contributed by atoms with Crippen LogP contribution in [0.2, 0.25) is 0 Å². The third-order valence-corrected chi connectivity index (χ3v) is 5.42. The molecular weight excluding hydrogens is 440 g/mol. The van der Waals surface area contributed by atoms with Gasteiger partial charge in [0.1, 0.15) is 40.8 Å². The summed E-state index contributed by atoms with van der Waals surface area (Å²) in [5.74, 6) is -1.91. The second kappa shape index (κ2) is 8.45. The van der Waals surface area contributed by atoms with E-state index < -0.39 is 59.1 Å². The molecular formula is C22H22O11. The molecule has 1 aromatic heterocycles. The molecule has 0 amide bonds. The molecule has 2 aromatic carbocycles. The molecule has 6 N–H and O–H groups in total. The summed E-state index contributed by atoms with van der Waals surface area (Å²) in [6.07, 6.45) is -7.26. The van der Waals surface area contributed by atoms with E-state index in [0.717, 1.165) is 12.1 Å². The molecule has 0 radical (unpaired) electrons. The van der Waals surface area contributed by atoms with E-state index in [-0.39, 0.29) is 28.0 Å². The van der Waals surface area contributed by atoms with Gasteiger partial charge in [-0.25, -0.2) is 0 Å². The van der Waals surface area contributed by atoms with Crippen LogP contribution in [0.25, 0.3) is 22.3 Å². The molecule has 0 bridgehead atoms. The second-order valence-corrected chi connectivity index (χ2v) is 7.61. The summed E-state index contributed by atoms with van der Waals surface area (Å²) in [4.78, 5) is 13.4. The third-order valence-electron chi connectivity index (χ3n) is 5.42. The van der Waals surface area contributed by atoms with Crippen LogP contribution in [0.1, 0.15) is 6.92 Å². The van der Waals surface area contributed by atoms with Crippen molar-refractivity contribution < 1.29 is 49.3 Å². The van der Waals surface area contributed by atoms with Crippen LogP contribution in [-0.4, -0.2) is 68.5 Å². The number of aliphatic hydroxyl groups excluding tert-OH is 3. The number of fused-ring (bicyclic) bond motifs is 1. The number of phenols is 3. The number of hydrogen-bond acceptors (Lipinski definition) is 11. The van der Waals surface area contributed by atoms with E-state index in [1.165, 1.54) is 32.2 Å². The van der Waals surface area contributed by atoms with Crippen molar-refractivity contribution in [3.05, 3.63) is 40.6 Å². The highest BCUT2D eigenvalue weighted by Crippen LogP contribution is 2.39. The van der Waals surface area contributed by atoms with Gasteiger partial charge in [-0.3, -0.25) is 4.79 Å². The van der Waals surface area contributed by atoms with E-state index in [1.54, 1.807) is 0 Å². The smallest absolute Gasteiger partial charge is 0.239 e. The molecule has 2 heterocycles. The lowest BCUT2D eigenvalue weighted by Crippen LogP contribution is -2.58. The highest BCUT2D eigenvalue weighted by atomic mass is 16.7. The number of methoxy groups -OCH3 is 1. The normalized spacial score (nSPS) is 25.2. The van der Waals surface area contributed by atoms with Crippen molar-refractivity contribution in [3.63, 3.8) is 0 Å². The fourth-order valence-electron chi connectivity index (χ4n) is 3.56. The SMILES string of the molecule is COc1cc(O)c2c(=O)c(OC3OC(C)C(O)C(O)C3O)c(-c3ccc(O)c(O)c3)oc2c1. The van der Waals surface area contributed by atoms with Gasteiger partial charge in [0.25, 0.3) is 0 Å². The van der Waals surface area contributed by atoms with Gasteiger partial charge in [-0.1, -0.05) is 0 Å². The maximum atomic E-state index is 13.4. The Kier molecular flexibility index (Phi) is 5.80. The van der Waals surface area contributed by atoms with Crippen LogP contribution < -0.4 is 14.9 Å². The first-order valence-corrected chi connectivity index (χ1v) is 9.88. The summed E-state index contributed by atoms with van der Waals surface area (Å²) in [5.41, 5.74) is -0.802. The van der Waals surface area contributed by atoms with Gasteiger partial charge in [0.15, 0.2) is 17.3 Å². The Hall–Kier alpha value is -3.51. The Balaban J connectivity index is 1.93. The van der Waals surface area contributed by atoms with Gasteiger partial charge in [-0.2, -0.15) is 0 Å². The summed E-state index contributed by atoms with van der Waals surface area (Å²) in [5, 5.41) is 60.0. The van der Waals surface area contributed by atoms with Crippen LogP contribution >= 0.6 is 0 Å². The molecule has 4 rings (SSSR count). The zero-order valence-corrected chi connectivity index (χ0v) is 17.5. The molecule has 33 heavy (non-hydrogen) atoms. The molecule has 11 heteroatoms. The lowest BCUT2D eigenvalue weighted by molar-refractivity contribution is -0.268. The van der Waals surface area contributed by atoms with Crippen LogP contribution in [0, 0.1) is 0 Å². The fraction of sp³-hybridized carbons (Fsp3) is 0.318. The summed E-state index contributed by atoms with van der Waals surface area (Å²) in [7, 11) is 1.36. The van der Waals surface area contributed by atoms with E-state index >= 15 is 0 Å². The van der Waals surface area contributed by atoms with Crippen molar-refractivity contribution in [2.75, 3.05) is 7.11 Å². The van der Waals surface area contributed by atoms with Crippen molar-refractivity contribution in [2.45, 2.75) is 37.6 Å². The highest BCUT2D eigenvalue weighted by molar-refractivity contribution is 5.88. The summed E-state index contributed by atoms with van der Waals surface area (Å²) < 4.78 is 22.0. The van der Waals surface area contributed by atoms with Gasteiger partial charge >= 0.3 is 0 Å². The van der Waals surface area contributed by atoms with Crippen molar-refractivity contribution in [1.82, 2.24) is 0 Å². The Bertz CT molecular complexity index is 1250. The number of aromatic hydroxyl groups is 3. The van der Waals surface area contributed by atoms with Crippen LogP contribution in [0.15, 0.2) is 39.5 Å². The lowest BCUT2D eigenvalue weighted by Gasteiger charge is -2.38. The Morgan fingerprint density at radius 2 is 1.64 bits per heavy atom. The monoisotopic (exact) mass is 462 g/mol. The van der Waals surface area contributed by atoms with E-state index in [9.17, 15) is 35.4 Å². The minimum Gasteiger partial charge on any atom is -0.507 e. The summed E-state index contributed by atoms with van der Waals surface area (Å²) >= 11 is 0. The van der Waals surface area contributed by atoms with Crippen molar-refractivity contribution in [1.29, 1.82) is 0 Å². The van der Waals surface area contributed by atoms with E-state index in [4.69, 9.17) is 18.6 Å². The Morgan fingerprint density at radius 3 is 2.30 bits per heavy atom. The molecule has 1 saturated heterocycles. The first-order chi connectivity index (χ1) is 15.6. The predicted molar refractivity (Wildman–Crippen MR) is 112 cm³/mol. The predicted octanol–water partition coefficient (Wildman–Crippen LogP) is 0.792. The van der Waals surface area contributed by atoms with Crippen molar-refractivity contribution >= 4 is 11.0 Å². The summed E-state index contributed by atoms with van der Waals surface area (Å²) in [6.45, 7) is 1.44. The van der Waals surface area contributed by atoms with Crippen molar-refractivity contribution in [2.24, 2.45) is 0 Å². The standard InChI is InChI=1S/C22H22O11/c1-8-16(26)18(28)19(29)22(31-8)33-21-17(27)15-13(25)6-10(30-2)7-14(15)32-20(21)9-3-4-11(23)12(24)5-9/h3-8,16,18-19,22-26,28-29H,1-2H3. The average Bonchev–Trinajstić information content (AvgIpc) is 2.78. The van der Waals surface area contributed by atoms with Crippen LogP contribution in [-0.2, 0) is 4.74 Å². The number of phenolic OH excluding ortho intramolecular Hbond substituents is 3. The maximum Gasteiger partial charge on any atom is 0.239 e. The van der Waals surface area contributed by atoms with E-state index in [2.05, 4.69) is 0 Å². The van der Waals surface area contributed by atoms with Gasteiger partial charge in [0.05, 0.1) is 13.2 Å². The van der Waals surface area contributed by atoms with E-state index in [0.29, 0.717) is 0 Å². The van der Waals surface area contributed by atoms with Gasteiger partial charge in [0, 0.05) is 17.7 Å². The number of aliphatic hydroxyl groups is 3. The highest BCUT2D eigenvalue weighted by Gasteiger charge is 2.44. The largest absolute Gasteiger partial charge is 0.507 e. The molecule has 11 nitrogen and oxygen atoms in total. The van der Waals surface area contributed by atoms with Gasteiger partial charge in [0.2, 0.25) is 17.5 Å². The number of rotatable bonds is 4. The average molecular weight is 462 g/mol. The molecule has 1 aliphatic heterocycles. The molecule has 0 aliphatic carbocycles. The fourth-order valence-corrected chi connectivity index (χ4v) is 3.56. The molecule has 5 atom stereocenters. The zero-order valence-electron chi connectivity index (χ0n) is 17.5. The minimum absolute atomic E-state index is 0.0688. The van der Waals surface area contributed by atoms with Crippen molar-refractivity contribution in [3.8, 4) is 40.1 Å².